The molecule has 0 unspecified atom stereocenters. The van der Waals surface area contributed by atoms with Gasteiger partial charge < -0.3 is 4.90 Å². The molecule has 1 amide bonds. The zero-order valence-electron chi connectivity index (χ0n) is 17.5. The van der Waals surface area contributed by atoms with Crippen molar-refractivity contribution in [3.63, 3.8) is 0 Å². The predicted octanol–water partition coefficient (Wildman–Crippen LogP) is 2.61. The SMILES string of the molecule is N#C/C(C(=O)N1CCCCC1)=c1/s/c(=C\c2cccc(F)c2)c(=O)n1Cc1ccccc1. The highest BCUT2D eigenvalue weighted by atomic mass is 32.1. The van der Waals surface area contributed by atoms with Gasteiger partial charge in [0.15, 0.2) is 5.57 Å². The van der Waals surface area contributed by atoms with Gasteiger partial charge in [-0.2, -0.15) is 5.26 Å². The van der Waals surface area contributed by atoms with Crippen LogP contribution in [0.15, 0.2) is 59.4 Å². The molecule has 32 heavy (non-hydrogen) atoms. The smallest absolute Gasteiger partial charge is 0.269 e. The first-order valence-corrected chi connectivity index (χ1v) is 11.3. The zero-order valence-corrected chi connectivity index (χ0v) is 18.3. The second kappa shape index (κ2) is 9.75. The Hall–Kier alpha value is -3.50. The third kappa shape index (κ3) is 4.71. The molecule has 2 heterocycles. The first-order valence-electron chi connectivity index (χ1n) is 10.5. The van der Waals surface area contributed by atoms with E-state index in [1.165, 1.54) is 16.7 Å². The Morgan fingerprint density at radius 1 is 1.09 bits per heavy atom. The lowest BCUT2D eigenvalue weighted by molar-refractivity contribution is -0.125. The lowest BCUT2D eigenvalue weighted by Crippen LogP contribution is -2.39. The van der Waals surface area contributed by atoms with Crippen LogP contribution >= 0.6 is 11.3 Å². The summed E-state index contributed by atoms with van der Waals surface area (Å²) < 4.78 is 15.8. The maximum atomic E-state index is 13.6. The third-order valence-corrected chi connectivity index (χ3v) is 6.55. The molecule has 1 aliphatic heterocycles. The molecule has 3 aromatic rings. The van der Waals surface area contributed by atoms with Crippen molar-refractivity contribution >= 4 is 28.9 Å². The number of carbonyl (C=O) groups excluding carboxylic acids is 1. The fraction of sp³-hybridized carbons (Fsp3) is 0.240. The molecule has 0 aliphatic carbocycles. The van der Waals surface area contributed by atoms with E-state index in [2.05, 4.69) is 6.07 Å². The van der Waals surface area contributed by atoms with E-state index in [9.17, 15) is 19.2 Å². The second-order valence-corrected chi connectivity index (χ2v) is 8.72. The molecule has 0 spiro atoms. The number of carbonyl (C=O) groups is 1. The first kappa shape index (κ1) is 21.7. The quantitative estimate of drug-likeness (QED) is 0.618. The number of aromatic nitrogens is 1. The fourth-order valence-corrected chi connectivity index (χ4v) is 4.90. The van der Waals surface area contributed by atoms with Gasteiger partial charge >= 0.3 is 0 Å². The maximum absolute atomic E-state index is 13.6. The van der Waals surface area contributed by atoms with Gasteiger partial charge in [-0.25, -0.2) is 4.39 Å². The van der Waals surface area contributed by atoms with Gasteiger partial charge in [-0.3, -0.25) is 14.2 Å². The Balaban J connectivity index is 1.91. The highest BCUT2D eigenvalue weighted by Crippen LogP contribution is 2.12. The Bertz CT molecular complexity index is 1350. The molecule has 1 fully saturated rings. The van der Waals surface area contributed by atoms with Crippen LogP contribution in [-0.4, -0.2) is 28.5 Å². The monoisotopic (exact) mass is 447 g/mol. The largest absolute Gasteiger partial charge is 0.338 e. The Kier molecular flexibility index (Phi) is 6.62. The Morgan fingerprint density at radius 2 is 1.84 bits per heavy atom. The summed E-state index contributed by atoms with van der Waals surface area (Å²) in [4.78, 5) is 28.1. The van der Waals surface area contributed by atoms with E-state index < -0.39 is 5.82 Å². The number of nitriles is 1. The van der Waals surface area contributed by atoms with Gasteiger partial charge in [0.05, 0.1) is 11.1 Å². The zero-order chi connectivity index (χ0) is 22.5. The average molecular weight is 448 g/mol. The highest BCUT2D eigenvalue weighted by Gasteiger charge is 2.23. The summed E-state index contributed by atoms with van der Waals surface area (Å²) in [6.07, 6.45) is 4.48. The van der Waals surface area contributed by atoms with E-state index in [4.69, 9.17) is 0 Å². The molecule has 7 heteroatoms. The van der Waals surface area contributed by atoms with Crippen molar-refractivity contribution in [3.05, 3.63) is 91.1 Å². The van der Waals surface area contributed by atoms with Crippen LogP contribution in [0.5, 0.6) is 0 Å². The minimum Gasteiger partial charge on any atom is -0.338 e. The van der Waals surface area contributed by atoms with E-state index in [1.807, 2.05) is 30.3 Å². The van der Waals surface area contributed by atoms with Crippen LogP contribution in [0.2, 0.25) is 0 Å². The second-order valence-electron chi connectivity index (χ2n) is 7.69. The summed E-state index contributed by atoms with van der Waals surface area (Å²) in [6.45, 7) is 1.46. The molecule has 2 aromatic carbocycles. The minimum absolute atomic E-state index is 0.0242. The number of thiazole rings is 1. The van der Waals surface area contributed by atoms with Crippen molar-refractivity contribution in [1.82, 2.24) is 9.47 Å². The van der Waals surface area contributed by atoms with Crippen LogP contribution in [0.25, 0.3) is 11.6 Å². The van der Waals surface area contributed by atoms with E-state index in [0.717, 1.165) is 36.2 Å². The van der Waals surface area contributed by atoms with Crippen molar-refractivity contribution in [2.75, 3.05) is 13.1 Å². The fourth-order valence-electron chi connectivity index (χ4n) is 3.80. The van der Waals surface area contributed by atoms with Gasteiger partial charge in [0.25, 0.3) is 11.5 Å². The third-order valence-electron chi connectivity index (χ3n) is 5.42. The number of amides is 1. The van der Waals surface area contributed by atoms with Crippen LogP contribution in [0, 0.1) is 17.1 Å². The summed E-state index contributed by atoms with van der Waals surface area (Å²) >= 11 is 1.10. The average Bonchev–Trinajstić information content (AvgIpc) is 3.10. The molecule has 162 valence electrons. The van der Waals surface area contributed by atoms with Crippen molar-refractivity contribution in [3.8, 4) is 6.07 Å². The van der Waals surface area contributed by atoms with E-state index in [0.29, 0.717) is 27.8 Å². The van der Waals surface area contributed by atoms with Crippen LogP contribution in [0.3, 0.4) is 0 Å². The molecular formula is C25H22FN3O2S. The van der Waals surface area contributed by atoms with E-state index in [1.54, 1.807) is 23.1 Å². The molecule has 1 aromatic heterocycles. The normalized spacial score (nSPS) is 15.4. The first-order chi connectivity index (χ1) is 15.6. The molecule has 0 atom stereocenters. The van der Waals surface area contributed by atoms with E-state index >= 15 is 0 Å². The van der Waals surface area contributed by atoms with Gasteiger partial charge in [-0.1, -0.05) is 42.5 Å². The van der Waals surface area contributed by atoms with Crippen molar-refractivity contribution in [2.24, 2.45) is 0 Å². The van der Waals surface area contributed by atoms with Gasteiger partial charge in [-0.15, -0.1) is 11.3 Å². The molecule has 4 rings (SSSR count). The lowest BCUT2D eigenvalue weighted by Gasteiger charge is -2.26. The molecule has 5 nitrogen and oxygen atoms in total. The summed E-state index contributed by atoms with van der Waals surface area (Å²) in [5.41, 5.74) is 1.09. The molecule has 1 saturated heterocycles. The summed E-state index contributed by atoms with van der Waals surface area (Å²) in [7, 11) is 0. The minimum atomic E-state index is -0.398. The number of likely N-dealkylation sites (tertiary alicyclic amines) is 1. The molecule has 1 aliphatic rings. The molecule has 0 saturated carbocycles. The van der Waals surface area contributed by atoms with Crippen LogP contribution in [-0.2, 0) is 11.3 Å². The Morgan fingerprint density at radius 3 is 2.53 bits per heavy atom. The summed E-state index contributed by atoms with van der Waals surface area (Å²) in [5, 5.41) is 9.89. The molecular weight excluding hydrogens is 425 g/mol. The molecule has 0 bridgehead atoms. The van der Waals surface area contributed by atoms with Crippen LogP contribution < -0.4 is 14.8 Å². The number of hydrogen-bond donors (Lipinski definition) is 0. The maximum Gasteiger partial charge on any atom is 0.269 e. The molecule has 0 radical (unpaired) electrons. The van der Waals surface area contributed by atoms with Gasteiger partial charge in [0, 0.05) is 13.1 Å². The highest BCUT2D eigenvalue weighted by molar-refractivity contribution is 7.07. The number of rotatable bonds is 4. The van der Waals surface area contributed by atoms with Gasteiger partial charge in [0.1, 0.15) is 16.5 Å². The standard InChI is InChI=1S/C25H22FN3O2S/c26-20-11-7-10-19(14-20)15-22-24(31)29(17-18-8-3-1-4-9-18)25(32-22)21(16-27)23(30)28-12-5-2-6-13-28/h1,3-4,7-11,14-15H,2,5-6,12-13,17H2/b22-15-,25-21-. The lowest BCUT2D eigenvalue weighted by atomic mass is 10.1. The predicted molar refractivity (Wildman–Crippen MR) is 123 cm³/mol. The van der Waals surface area contributed by atoms with Gasteiger partial charge in [-0.05, 0) is 48.6 Å². The summed E-state index contributed by atoms with van der Waals surface area (Å²) in [6, 6.07) is 17.4. The number of nitrogens with zero attached hydrogens (tertiary/aromatic N) is 3. The Labute approximate surface area is 189 Å². The van der Waals surface area contributed by atoms with Crippen molar-refractivity contribution in [1.29, 1.82) is 5.26 Å². The van der Waals surface area contributed by atoms with Crippen molar-refractivity contribution < 1.29 is 9.18 Å². The number of halogens is 1. The topological polar surface area (TPSA) is 66.1 Å². The van der Waals surface area contributed by atoms with Crippen LogP contribution in [0.1, 0.15) is 30.4 Å². The summed E-state index contributed by atoms with van der Waals surface area (Å²) in [5.74, 6) is -0.739. The number of piperidine rings is 1. The van der Waals surface area contributed by atoms with Crippen molar-refractivity contribution in [2.45, 2.75) is 25.8 Å². The molecule has 0 N–H and O–H groups in total. The van der Waals surface area contributed by atoms with Gasteiger partial charge in [0.2, 0.25) is 0 Å². The number of hydrogen-bond acceptors (Lipinski definition) is 4. The van der Waals surface area contributed by atoms with E-state index in [-0.39, 0.29) is 23.6 Å². The number of benzene rings is 2. The van der Waals surface area contributed by atoms with Crippen LogP contribution in [0.4, 0.5) is 4.39 Å².